The molecule has 2 rings (SSSR count). The number of fused-ring (bicyclic) bond motifs is 1. The number of likely N-dealkylation sites (N-methyl/N-ethyl adjacent to an activating group) is 1. The van der Waals surface area contributed by atoms with Gasteiger partial charge in [-0.05, 0) is 24.6 Å². The Bertz CT molecular complexity index is 659. The number of carbonyl (C=O) groups excluding carboxylic acids is 1. The van der Waals surface area contributed by atoms with E-state index in [-0.39, 0.29) is 18.1 Å². The van der Waals surface area contributed by atoms with Gasteiger partial charge in [0.05, 0.1) is 17.7 Å². The largest absolute Gasteiger partial charge is 0.398 e. The van der Waals surface area contributed by atoms with Gasteiger partial charge in [0.1, 0.15) is 0 Å². The Labute approximate surface area is 122 Å². The SMILES string of the molecule is CCCNC(=O)CN(C)c1c(F)cc(N)c2cccnc12. The third-order valence-electron chi connectivity index (χ3n) is 3.19. The number of anilines is 2. The molecular weight excluding hydrogens is 271 g/mol. The molecule has 0 radical (unpaired) electrons. The molecule has 0 aliphatic rings. The number of nitrogen functional groups attached to an aromatic ring is 1. The summed E-state index contributed by atoms with van der Waals surface area (Å²) in [6.45, 7) is 2.64. The van der Waals surface area contributed by atoms with E-state index in [0.717, 1.165) is 6.42 Å². The first-order chi connectivity index (χ1) is 10.0. The quantitative estimate of drug-likeness (QED) is 0.825. The van der Waals surface area contributed by atoms with Gasteiger partial charge >= 0.3 is 0 Å². The molecule has 0 bridgehead atoms. The maximum absolute atomic E-state index is 14.2. The number of hydrogen-bond donors (Lipinski definition) is 2. The zero-order chi connectivity index (χ0) is 15.4. The predicted octanol–water partition coefficient (Wildman–Crippen LogP) is 1.92. The van der Waals surface area contributed by atoms with Crippen LogP contribution in [0.1, 0.15) is 13.3 Å². The summed E-state index contributed by atoms with van der Waals surface area (Å²) in [6, 6.07) is 4.79. The van der Waals surface area contributed by atoms with Gasteiger partial charge in [-0.2, -0.15) is 0 Å². The van der Waals surface area contributed by atoms with Gasteiger partial charge in [-0.1, -0.05) is 6.92 Å². The van der Waals surface area contributed by atoms with E-state index in [9.17, 15) is 9.18 Å². The number of hydrogen-bond acceptors (Lipinski definition) is 4. The Morgan fingerprint density at radius 2 is 2.29 bits per heavy atom. The lowest BCUT2D eigenvalue weighted by Crippen LogP contribution is -2.36. The Hall–Kier alpha value is -2.37. The van der Waals surface area contributed by atoms with Gasteiger partial charge in [-0.15, -0.1) is 0 Å². The second kappa shape index (κ2) is 6.39. The normalized spacial score (nSPS) is 10.6. The van der Waals surface area contributed by atoms with Gasteiger partial charge in [-0.3, -0.25) is 9.78 Å². The van der Waals surface area contributed by atoms with Gasteiger partial charge in [-0.25, -0.2) is 4.39 Å². The molecule has 0 spiro atoms. The number of nitrogens with zero attached hydrogens (tertiary/aromatic N) is 2. The average Bonchev–Trinajstić information content (AvgIpc) is 2.45. The highest BCUT2D eigenvalue weighted by atomic mass is 19.1. The summed E-state index contributed by atoms with van der Waals surface area (Å²) in [4.78, 5) is 17.5. The zero-order valence-electron chi connectivity index (χ0n) is 12.2. The molecule has 6 heteroatoms. The van der Waals surface area contributed by atoms with Crippen LogP contribution in [-0.2, 0) is 4.79 Å². The summed E-state index contributed by atoms with van der Waals surface area (Å²) in [6.07, 6.45) is 2.44. The number of rotatable bonds is 5. The monoisotopic (exact) mass is 290 g/mol. The Morgan fingerprint density at radius 1 is 1.52 bits per heavy atom. The molecule has 1 amide bonds. The Morgan fingerprint density at radius 3 is 3.00 bits per heavy atom. The molecule has 0 fully saturated rings. The Kier molecular flexibility index (Phi) is 4.57. The smallest absolute Gasteiger partial charge is 0.239 e. The highest BCUT2D eigenvalue weighted by Gasteiger charge is 2.17. The highest BCUT2D eigenvalue weighted by molar-refractivity contribution is 5.99. The summed E-state index contributed by atoms with van der Waals surface area (Å²) >= 11 is 0. The number of nitrogens with one attached hydrogen (secondary N) is 1. The molecule has 0 aliphatic carbocycles. The van der Waals surface area contributed by atoms with Crippen molar-refractivity contribution in [3.05, 3.63) is 30.2 Å². The average molecular weight is 290 g/mol. The van der Waals surface area contributed by atoms with Crippen molar-refractivity contribution < 1.29 is 9.18 Å². The molecular formula is C15H19FN4O. The minimum atomic E-state index is -0.482. The van der Waals surface area contributed by atoms with Crippen molar-refractivity contribution in [2.45, 2.75) is 13.3 Å². The molecule has 0 saturated heterocycles. The fourth-order valence-electron chi connectivity index (χ4n) is 2.20. The predicted molar refractivity (Wildman–Crippen MR) is 82.7 cm³/mol. The number of pyridine rings is 1. The fourth-order valence-corrected chi connectivity index (χ4v) is 2.20. The van der Waals surface area contributed by atoms with E-state index in [1.54, 1.807) is 30.3 Å². The third-order valence-corrected chi connectivity index (χ3v) is 3.19. The molecule has 0 unspecified atom stereocenters. The standard InChI is InChI=1S/C15H19FN4O/c1-3-6-18-13(21)9-20(2)15-11(16)8-12(17)10-5-4-7-19-14(10)15/h4-5,7-8H,3,6,9,17H2,1-2H3,(H,18,21). The summed E-state index contributed by atoms with van der Waals surface area (Å²) in [5, 5.41) is 3.44. The fraction of sp³-hybridized carbons (Fsp3) is 0.333. The van der Waals surface area contributed by atoms with Crippen LogP contribution in [0.15, 0.2) is 24.4 Å². The number of nitrogens with two attached hydrogens (primary N) is 1. The zero-order valence-corrected chi connectivity index (χ0v) is 12.2. The second-order valence-electron chi connectivity index (χ2n) is 4.90. The van der Waals surface area contributed by atoms with Gasteiger partial charge < -0.3 is 16.0 Å². The van der Waals surface area contributed by atoms with Crippen molar-refractivity contribution in [3.8, 4) is 0 Å². The summed E-state index contributed by atoms with van der Waals surface area (Å²) in [5.74, 6) is -0.635. The minimum Gasteiger partial charge on any atom is -0.398 e. The molecule has 0 saturated carbocycles. The number of halogens is 1. The van der Waals surface area contributed by atoms with Crippen LogP contribution in [0.3, 0.4) is 0 Å². The number of carbonyl (C=O) groups is 1. The van der Waals surface area contributed by atoms with Crippen LogP contribution in [0.25, 0.3) is 10.9 Å². The first kappa shape index (κ1) is 15.0. The molecule has 0 aliphatic heterocycles. The van der Waals surface area contributed by atoms with Crippen LogP contribution in [0.2, 0.25) is 0 Å². The summed E-state index contributed by atoms with van der Waals surface area (Å²) < 4.78 is 14.2. The minimum absolute atomic E-state index is 0.0620. The van der Waals surface area contributed by atoms with Crippen LogP contribution in [0, 0.1) is 5.82 Å². The number of amides is 1. The van der Waals surface area contributed by atoms with Crippen LogP contribution in [-0.4, -0.2) is 31.0 Å². The molecule has 21 heavy (non-hydrogen) atoms. The van der Waals surface area contributed by atoms with Crippen LogP contribution in [0.4, 0.5) is 15.8 Å². The van der Waals surface area contributed by atoms with E-state index in [0.29, 0.717) is 23.1 Å². The maximum atomic E-state index is 14.2. The number of benzene rings is 1. The van der Waals surface area contributed by atoms with Crippen LogP contribution < -0.4 is 16.0 Å². The van der Waals surface area contributed by atoms with E-state index in [2.05, 4.69) is 10.3 Å². The molecule has 1 aromatic heterocycles. The van der Waals surface area contributed by atoms with E-state index < -0.39 is 5.82 Å². The van der Waals surface area contributed by atoms with Gasteiger partial charge in [0.25, 0.3) is 0 Å². The Balaban J connectivity index is 2.35. The van der Waals surface area contributed by atoms with E-state index >= 15 is 0 Å². The molecule has 1 heterocycles. The molecule has 5 nitrogen and oxygen atoms in total. The van der Waals surface area contributed by atoms with Gasteiger partial charge in [0, 0.05) is 30.9 Å². The van der Waals surface area contributed by atoms with Crippen molar-refractivity contribution in [1.29, 1.82) is 0 Å². The van der Waals surface area contributed by atoms with Crippen molar-refractivity contribution in [1.82, 2.24) is 10.3 Å². The van der Waals surface area contributed by atoms with Crippen molar-refractivity contribution in [2.75, 3.05) is 30.8 Å². The maximum Gasteiger partial charge on any atom is 0.239 e. The number of aromatic nitrogens is 1. The molecule has 112 valence electrons. The molecule has 2 aromatic rings. The lowest BCUT2D eigenvalue weighted by Gasteiger charge is -2.21. The topological polar surface area (TPSA) is 71.2 Å². The van der Waals surface area contributed by atoms with Crippen molar-refractivity contribution in [3.63, 3.8) is 0 Å². The highest BCUT2D eigenvalue weighted by Crippen LogP contribution is 2.31. The van der Waals surface area contributed by atoms with E-state index in [1.165, 1.54) is 6.07 Å². The van der Waals surface area contributed by atoms with E-state index in [4.69, 9.17) is 5.73 Å². The lowest BCUT2D eigenvalue weighted by atomic mass is 10.1. The van der Waals surface area contributed by atoms with Crippen molar-refractivity contribution >= 4 is 28.2 Å². The molecule has 1 aromatic carbocycles. The molecule has 0 atom stereocenters. The summed E-state index contributed by atoms with van der Waals surface area (Å²) in [5.41, 5.74) is 6.89. The van der Waals surface area contributed by atoms with Gasteiger partial charge in [0.2, 0.25) is 5.91 Å². The third kappa shape index (κ3) is 3.21. The van der Waals surface area contributed by atoms with Crippen LogP contribution in [0.5, 0.6) is 0 Å². The second-order valence-corrected chi connectivity index (χ2v) is 4.90. The summed E-state index contributed by atoms with van der Waals surface area (Å²) in [7, 11) is 1.66. The van der Waals surface area contributed by atoms with E-state index in [1.807, 2.05) is 6.92 Å². The van der Waals surface area contributed by atoms with Crippen molar-refractivity contribution in [2.24, 2.45) is 0 Å². The lowest BCUT2D eigenvalue weighted by molar-refractivity contribution is -0.119. The molecule has 3 N–H and O–H groups in total. The first-order valence-electron chi connectivity index (χ1n) is 6.85. The van der Waals surface area contributed by atoms with Gasteiger partial charge in [0.15, 0.2) is 5.82 Å². The van der Waals surface area contributed by atoms with Crippen LogP contribution >= 0.6 is 0 Å². The first-order valence-corrected chi connectivity index (χ1v) is 6.85.